The molecule has 0 saturated heterocycles. The second-order valence-electron chi connectivity index (χ2n) is 7.50. The molecule has 1 nitrogen and oxygen atoms in total. The SMILES string of the molecule is CC1=CC=CC1c1[c-]c2ccccc2cc1.OC(c1ccccc1)c1ccccc1.[Cl-].[Cl-].[Ti+3]. The van der Waals surface area contributed by atoms with E-state index in [4.69, 9.17) is 0 Å². The molecule has 1 radical (unpaired) electrons. The minimum Gasteiger partial charge on any atom is -1.00 e. The number of hydrogen-bond donors (Lipinski definition) is 1. The van der Waals surface area contributed by atoms with E-state index in [0.717, 1.165) is 11.1 Å². The van der Waals surface area contributed by atoms with E-state index in [9.17, 15) is 5.11 Å². The van der Waals surface area contributed by atoms with Gasteiger partial charge in [0.1, 0.15) is 6.10 Å². The maximum absolute atomic E-state index is 9.99. The fraction of sp³-hybridized carbons (Fsp3) is 0.103. The summed E-state index contributed by atoms with van der Waals surface area (Å²) in [6, 6.07) is 35.6. The normalized spacial score (nSPS) is 13.7. The van der Waals surface area contributed by atoms with E-state index >= 15 is 0 Å². The van der Waals surface area contributed by atoms with E-state index in [1.165, 1.54) is 21.9 Å². The first-order chi connectivity index (χ1) is 14.7. The molecule has 1 aliphatic rings. The Morgan fingerprint density at radius 2 is 1.27 bits per heavy atom. The van der Waals surface area contributed by atoms with Crippen molar-refractivity contribution in [3.8, 4) is 0 Å². The van der Waals surface area contributed by atoms with E-state index in [1.807, 2.05) is 60.7 Å². The third kappa shape index (κ3) is 7.44. The Labute approximate surface area is 224 Å². The first kappa shape index (κ1) is 28.9. The largest absolute Gasteiger partial charge is 3.00 e. The summed E-state index contributed by atoms with van der Waals surface area (Å²) < 4.78 is 0. The van der Waals surface area contributed by atoms with Crippen LogP contribution in [0.25, 0.3) is 10.8 Å². The van der Waals surface area contributed by atoms with Crippen LogP contribution in [0, 0.1) is 6.07 Å². The summed E-state index contributed by atoms with van der Waals surface area (Å²) in [5.74, 6) is 0.421. The molecular formula is C29H25Cl2OTi. The maximum atomic E-state index is 9.99. The number of hydrogen-bond acceptors (Lipinski definition) is 1. The molecule has 0 spiro atoms. The van der Waals surface area contributed by atoms with Crippen LogP contribution in [0.15, 0.2) is 121 Å². The van der Waals surface area contributed by atoms with E-state index in [0.29, 0.717) is 5.92 Å². The van der Waals surface area contributed by atoms with E-state index in [-0.39, 0.29) is 46.5 Å². The maximum Gasteiger partial charge on any atom is 3.00 e. The van der Waals surface area contributed by atoms with Crippen LogP contribution in [0.5, 0.6) is 0 Å². The summed E-state index contributed by atoms with van der Waals surface area (Å²) in [6.07, 6.45) is 6.02. The average Bonchev–Trinajstić information content (AvgIpc) is 3.25. The molecule has 1 aliphatic carbocycles. The fourth-order valence-electron chi connectivity index (χ4n) is 3.70. The number of fused-ring (bicyclic) bond motifs is 1. The molecule has 4 aromatic rings. The molecule has 0 fully saturated rings. The number of rotatable bonds is 3. The molecule has 0 bridgehead atoms. The van der Waals surface area contributed by atoms with Crippen LogP contribution in [0.3, 0.4) is 0 Å². The zero-order valence-electron chi connectivity index (χ0n) is 18.3. The molecule has 1 unspecified atom stereocenters. The molecule has 1 N–H and O–H groups in total. The molecule has 4 heteroatoms. The first-order valence-electron chi connectivity index (χ1n) is 10.3. The molecule has 0 aliphatic heterocycles. The molecular weight excluding hydrogens is 483 g/mol. The van der Waals surface area contributed by atoms with Crippen LogP contribution in [0.2, 0.25) is 0 Å². The standard InChI is InChI=1S/C16H13.C13H12O.2ClH.Ti/c1-12-5-4-8-16(12)15-10-9-13-6-2-3-7-14(13)11-15;14-13(11-7-3-1-4-8-11)12-9-5-2-6-10-12;;;/h2-10,16H,1H3;1-10,13-14H;2*1H;/q-1;;;;+3/p-2. The summed E-state index contributed by atoms with van der Waals surface area (Å²) >= 11 is 0. The minimum atomic E-state index is -0.516. The van der Waals surface area contributed by atoms with Gasteiger partial charge in [-0.05, 0) is 18.1 Å². The minimum absolute atomic E-state index is 0. The van der Waals surface area contributed by atoms with Gasteiger partial charge in [-0.15, -0.1) is 46.7 Å². The van der Waals surface area contributed by atoms with Crippen LogP contribution in [-0.2, 0) is 21.7 Å². The van der Waals surface area contributed by atoms with Crippen LogP contribution < -0.4 is 24.8 Å². The van der Waals surface area contributed by atoms with E-state index in [2.05, 4.69) is 67.6 Å². The van der Waals surface area contributed by atoms with Crippen LogP contribution in [0.1, 0.15) is 35.6 Å². The quantitative estimate of drug-likeness (QED) is 0.324. The summed E-state index contributed by atoms with van der Waals surface area (Å²) in [5.41, 5.74) is 4.52. The fourth-order valence-corrected chi connectivity index (χ4v) is 3.70. The monoisotopic (exact) mass is 507 g/mol. The first-order valence-corrected chi connectivity index (χ1v) is 10.3. The molecule has 0 saturated carbocycles. The van der Waals surface area contributed by atoms with Crippen LogP contribution in [-0.4, -0.2) is 5.11 Å². The summed E-state index contributed by atoms with van der Waals surface area (Å²) in [7, 11) is 0. The van der Waals surface area contributed by atoms with Gasteiger partial charge < -0.3 is 29.9 Å². The zero-order chi connectivity index (χ0) is 20.8. The Morgan fingerprint density at radius 3 is 1.82 bits per heavy atom. The topological polar surface area (TPSA) is 20.2 Å². The Morgan fingerprint density at radius 1 is 0.727 bits per heavy atom. The Hall–Kier alpha value is -2.13. The van der Waals surface area contributed by atoms with E-state index in [1.54, 1.807) is 0 Å². The molecule has 33 heavy (non-hydrogen) atoms. The second kappa shape index (κ2) is 14.2. The second-order valence-corrected chi connectivity index (χ2v) is 7.50. The molecule has 165 valence electrons. The Bertz CT molecular complexity index is 1130. The molecule has 0 heterocycles. The number of aliphatic hydroxyl groups excluding tert-OH is 1. The Balaban J connectivity index is 0.000000305. The zero-order valence-corrected chi connectivity index (χ0v) is 21.4. The van der Waals surface area contributed by atoms with Gasteiger partial charge in [-0.3, -0.25) is 0 Å². The van der Waals surface area contributed by atoms with Crippen molar-refractivity contribution in [2.45, 2.75) is 18.9 Å². The predicted molar refractivity (Wildman–Crippen MR) is 125 cm³/mol. The summed E-state index contributed by atoms with van der Waals surface area (Å²) in [6.45, 7) is 2.17. The Kier molecular flexibility index (Phi) is 12.4. The van der Waals surface area contributed by atoms with Crippen molar-refractivity contribution in [3.63, 3.8) is 0 Å². The predicted octanol–water partition coefficient (Wildman–Crippen LogP) is 1.01. The van der Waals surface area contributed by atoms with Gasteiger partial charge in [-0.25, -0.2) is 0 Å². The number of aliphatic hydroxyl groups is 1. The van der Waals surface area contributed by atoms with E-state index < -0.39 is 6.10 Å². The molecule has 1 atom stereocenters. The van der Waals surface area contributed by atoms with Gasteiger partial charge in [0.15, 0.2) is 0 Å². The molecule has 5 rings (SSSR count). The number of benzene rings is 4. The average molecular weight is 508 g/mol. The summed E-state index contributed by atoms with van der Waals surface area (Å²) in [4.78, 5) is 0. The number of halogens is 2. The smallest absolute Gasteiger partial charge is 1.00 e. The third-order valence-electron chi connectivity index (χ3n) is 5.40. The van der Waals surface area contributed by atoms with Crippen molar-refractivity contribution >= 4 is 10.8 Å². The van der Waals surface area contributed by atoms with Crippen molar-refractivity contribution < 1.29 is 51.6 Å². The van der Waals surface area contributed by atoms with Crippen molar-refractivity contribution in [1.82, 2.24) is 0 Å². The molecule has 0 aromatic heterocycles. The van der Waals surface area contributed by atoms with Gasteiger partial charge in [-0.2, -0.15) is 0 Å². The van der Waals surface area contributed by atoms with Gasteiger partial charge in [-0.1, -0.05) is 96.6 Å². The van der Waals surface area contributed by atoms with Crippen molar-refractivity contribution in [3.05, 3.63) is 144 Å². The van der Waals surface area contributed by atoms with Gasteiger partial charge in [0, 0.05) is 5.92 Å². The molecule has 4 aromatic carbocycles. The van der Waals surface area contributed by atoms with Crippen molar-refractivity contribution in [1.29, 1.82) is 0 Å². The summed E-state index contributed by atoms with van der Waals surface area (Å²) in [5, 5.41) is 12.5. The van der Waals surface area contributed by atoms with Crippen molar-refractivity contribution in [2.24, 2.45) is 0 Å². The van der Waals surface area contributed by atoms with Crippen molar-refractivity contribution in [2.75, 3.05) is 0 Å². The third-order valence-corrected chi connectivity index (χ3v) is 5.40. The van der Waals surface area contributed by atoms with Gasteiger partial charge in [0.2, 0.25) is 0 Å². The van der Waals surface area contributed by atoms with Crippen LogP contribution >= 0.6 is 0 Å². The number of allylic oxidation sites excluding steroid dienone is 4. The van der Waals surface area contributed by atoms with Gasteiger partial charge >= 0.3 is 21.7 Å². The van der Waals surface area contributed by atoms with Gasteiger partial charge in [0.05, 0.1) is 0 Å². The van der Waals surface area contributed by atoms with Crippen LogP contribution in [0.4, 0.5) is 0 Å². The molecule has 0 amide bonds. The van der Waals surface area contributed by atoms with Gasteiger partial charge in [0.25, 0.3) is 0 Å².